The maximum Gasteiger partial charge on any atom is 0.321 e. The highest BCUT2D eigenvalue weighted by atomic mass is 32.1. The fourth-order valence-corrected chi connectivity index (χ4v) is 4.06. The Morgan fingerprint density at radius 2 is 2.04 bits per heavy atom. The van der Waals surface area contributed by atoms with Crippen LogP contribution < -0.4 is 14.8 Å². The second-order valence-corrected chi connectivity index (χ2v) is 7.53. The van der Waals surface area contributed by atoms with Crippen molar-refractivity contribution in [2.75, 3.05) is 25.5 Å². The van der Waals surface area contributed by atoms with Crippen LogP contribution in [0, 0.1) is 5.82 Å². The summed E-state index contributed by atoms with van der Waals surface area (Å²) in [5, 5.41) is 3.36. The second kappa shape index (κ2) is 8.02. The van der Waals surface area contributed by atoms with Crippen molar-refractivity contribution in [3.63, 3.8) is 0 Å². The Morgan fingerprint density at radius 1 is 1.25 bits per heavy atom. The molecule has 0 bridgehead atoms. The van der Waals surface area contributed by atoms with E-state index in [0.29, 0.717) is 48.1 Å². The summed E-state index contributed by atoms with van der Waals surface area (Å²) >= 11 is 1.34. The first-order valence-electron chi connectivity index (χ1n) is 9.04. The molecule has 1 saturated heterocycles. The maximum atomic E-state index is 13.8. The van der Waals surface area contributed by atoms with Crippen molar-refractivity contribution >= 4 is 33.3 Å². The summed E-state index contributed by atoms with van der Waals surface area (Å²) in [7, 11) is 1.59. The molecular formula is C20H20FN3O3S. The Hall–Kier alpha value is -2.87. The van der Waals surface area contributed by atoms with Gasteiger partial charge in [-0.05, 0) is 24.3 Å². The molecule has 4 rings (SSSR count). The first-order chi connectivity index (χ1) is 13.6. The van der Waals surface area contributed by atoms with Gasteiger partial charge in [-0.25, -0.2) is 9.18 Å². The number of nitrogens with zero attached hydrogens (tertiary/aromatic N) is 2. The van der Waals surface area contributed by atoms with E-state index in [-0.39, 0.29) is 18.0 Å². The van der Waals surface area contributed by atoms with Crippen molar-refractivity contribution in [3.8, 4) is 10.9 Å². The van der Waals surface area contributed by atoms with Gasteiger partial charge in [0.05, 0.1) is 11.8 Å². The number of aromatic nitrogens is 1. The van der Waals surface area contributed by atoms with Crippen molar-refractivity contribution in [1.29, 1.82) is 0 Å². The van der Waals surface area contributed by atoms with Gasteiger partial charge in [0.15, 0.2) is 0 Å². The van der Waals surface area contributed by atoms with Crippen LogP contribution in [0.25, 0.3) is 10.2 Å². The Labute approximate surface area is 165 Å². The van der Waals surface area contributed by atoms with Crippen LogP contribution in [0.4, 0.5) is 14.9 Å². The summed E-state index contributed by atoms with van der Waals surface area (Å²) in [6.07, 6.45) is 1.36. The van der Waals surface area contributed by atoms with E-state index in [9.17, 15) is 9.18 Å². The minimum absolute atomic E-state index is 0.0375. The number of rotatable bonds is 4. The number of methoxy groups -OCH3 is 1. The van der Waals surface area contributed by atoms with Crippen LogP contribution in [0.2, 0.25) is 0 Å². The first kappa shape index (κ1) is 18.5. The van der Waals surface area contributed by atoms with Crippen molar-refractivity contribution < 1.29 is 18.7 Å². The maximum absolute atomic E-state index is 13.8. The van der Waals surface area contributed by atoms with Crippen molar-refractivity contribution in [1.82, 2.24) is 9.88 Å². The van der Waals surface area contributed by atoms with Crippen LogP contribution in [0.3, 0.4) is 0 Å². The van der Waals surface area contributed by atoms with E-state index in [0.717, 1.165) is 4.70 Å². The molecule has 28 heavy (non-hydrogen) atoms. The second-order valence-electron chi connectivity index (χ2n) is 6.53. The summed E-state index contributed by atoms with van der Waals surface area (Å²) in [6.45, 7) is 1.17. The molecule has 1 aliphatic heterocycles. The van der Waals surface area contributed by atoms with Gasteiger partial charge in [-0.2, -0.15) is 4.98 Å². The van der Waals surface area contributed by atoms with Gasteiger partial charge < -0.3 is 19.7 Å². The number of hydrogen-bond donors (Lipinski definition) is 1. The van der Waals surface area contributed by atoms with Crippen LogP contribution >= 0.6 is 11.3 Å². The van der Waals surface area contributed by atoms with Gasteiger partial charge in [0.2, 0.25) is 0 Å². The molecule has 8 heteroatoms. The minimum Gasteiger partial charge on any atom is -0.497 e. The molecule has 1 aromatic heterocycles. The smallest absolute Gasteiger partial charge is 0.321 e. The van der Waals surface area contributed by atoms with Gasteiger partial charge in [0.1, 0.15) is 23.2 Å². The Balaban J connectivity index is 1.32. The molecule has 3 aromatic rings. The molecule has 1 N–H and O–H groups in total. The predicted octanol–water partition coefficient (Wildman–Crippen LogP) is 4.52. The third-order valence-corrected chi connectivity index (χ3v) is 5.58. The molecule has 0 aliphatic carbocycles. The summed E-state index contributed by atoms with van der Waals surface area (Å²) in [4.78, 5) is 18.5. The standard InChI is InChI=1S/C20H20FN3O3S/c1-26-15-5-2-4-13(12-15)22-19(25)24-10-8-14(9-11-24)27-20-23-18-16(21)6-3-7-17(18)28-20/h2-7,12,14H,8-11H2,1H3,(H,22,25). The summed E-state index contributed by atoms with van der Waals surface area (Å²) in [5.74, 6) is 0.352. The van der Waals surface area contributed by atoms with Crippen LogP contribution in [-0.4, -0.2) is 42.2 Å². The molecule has 2 heterocycles. The van der Waals surface area contributed by atoms with Gasteiger partial charge in [0.25, 0.3) is 5.19 Å². The van der Waals surface area contributed by atoms with Gasteiger partial charge in [-0.3, -0.25) is 0 Å². The first-order valence-corrected chi connectivity index (χ1v) is 9.86. The average molecular weight is 401 g/mol. The van der Waals surface area contributed by atoms with E-state index < -0.39 is 0 Å². The third-order valence-electron chi connectivity index (χ3n) is 4.67. The highest BCUT2D eigenvalue weighted by Gasteiger charge is 2.25. The third kappa shape index (κ3) is 4.01. The number of benzene rings is 2. The van der Waals surface area contributed by atoms with E-state index in [1.165, 1.54) is 17.4 Å². The summed E-state index contributed by atoms with van der Waals surface area (Å²) < 4.78 is 25.7. The summed E-state index contributed by atoms with van der Waals surface area (Å²) in [6, 6.07) is 12.0. The minimum atomic E-state index is -0.340. The summed E-state index contributed by atoms with van der Waals surface area (Å²) in [5.41, 5.74) is 1.04. The topological polar surface area (TPSA) is 63.7 Å². The molecule has 0 atom stereocenters. The number of hydrogen-bond acceptors (Lipinski definition) is 5. The van der Waals surface area contributed by atoms with Gasteiger partial charge in [-0.1, -0.05) is 23.5 Å². The number of carbonyl (C=O) groups excluding carboxylic acids is 1. The Morgan fingerprint density at radius 3 is 2.79 bits per heavy atom. The molecule has 146 valence electrons. The SMILES string of the molecule is COc1cccc(NC(=O)N2CCC(Oc3nc4c(F)cccc4s3)CC2)c1. The van der Waals surface area contributed by atoms with Gasteiger partial charge in [-0.15, -0.1) is 0 Å². The lowest BCUT2D eigenvalue weighted by Gasteiger charge is -2.31. The molecule has 6 nitrogen and oxygen atoms in total. The lowest BCUT2D eigenvalue weighted by molar-refractivity contribution is 0.115. The number of amides is 2. The molecule has 2 aromatic carbocycles. The molecule has 0 saturated carbocycles. The quantitative estimate of drug-likeness (QED) is 0.698. The zero-order chi connectivity index (χ0) is 19.5. The number of likely N-dealkylation sites (tertiary alicyclic amines) is 1. The monoisotopic (exact) mass is 401 g/mol. The number of nitrogens with one attached hydrogen (secondary N) is 1. The predicted molar refractivity (Wildman–Crippen MR) is 107 cm³/mol. The molecular weight excluding hydrogens is 381 g/mol. The van der Waals surface area contributed by atoms with Crippen LogP contribution in [0.15, 0.2) is 42.5 Å². The Bertz CT molecular complexity index is 986. The fourth-order valence-electron chi connectivity index (χ4n) is 3.17. The van der Waals surface area contributed by atoms with E-state index in [1.807, 2.05) is 24.3 Å². The van der Waals surface area contributed by atoms with Crippen LogP contribution in [0.1, 0.15) is 12.8 Å². The van der Waals surface area contributed by atoms with E-state index >= 15 is 0 Å². The number of anilines is 1. The number of fused-ring (bicyclic) bond motifs is 1. The lowest BCUT2D eigenvalue weighted by Crippen LogP contribution is -2.43. The van der Waals surface area contributed by atoms with E-state index in [4.69, 9.17) is 9.47 Å². The number of para-hydroxylation sites is 1. The number of halogens is 1. The number of piperidine rings is 1. The molecule has 0 radical (unpaired) electrons. The molecule has 1 fully saturated rings. The molecule has 0 spiro atoms. The highest BCUT2D eigenvalue weighted by molar-refractivity contribution is 7.20. The van der Waals surface area contributed by atoms with Gasteiger partial charge in [0, 0.05) is 37.7 Å². The van der Waals surface area contributed by atoms with Gasteiger partial charge >= 0.3 is 6.03 Å². The highest BCUT2D eigenvalue weighted by Crippen LogP contribution is 2.31. The molecule has 0 unspecified atom stereocenters. The number of carbonyl (C=O) groups is 1. The molecule has 1 aliphatic rings. The van der Waals surface area contributed by atoms with E-state index in [2.05, 4.69) is 10.3 Å². The zero-order valence-corrected chi connectivity index (χ0v) is 16.2. The number of thiazole rings is 1. The van der Waals surface area contributed by atoms with Crippen LogP contribution in [0.5, 0.6) is 10.9 Å². The average Bonchev–Trinajstić information content (AvgIpc) is 3.12. The number of urea groups is 1. The lowest BCUT2D eigenvalue weighted by atomic mass is 10.1. The van der Waals surface area contributed by atoms with Crippen molar-refractivity contribution in [2.45, 2.75) is 18.9 Å². The molecule has 2 amide bonds. The van der Waals surface area contributed by atoms with Crippen LogP contribution in [-0.2, 0) is 0 Å². The van der Waals surface area contributed by atoms with E-state index in [1.54, 1.807) is 24.1 Å². The largest absolute Gasteiger partial charge is 0.497 e. The number of ether oxygens (including phenoxy) is 2. The van der Waals surface area contributed by atoms with Crippen molar-refractivity contribution in [2.24, 2.45) is 0 Å². The zero-order valence-electron chi connectivity index (χ0n) is 15.4. The normalized spacial score (nSPS) is 14.9. The van der Waals surface area contributed by atoms with Crippen molar-refractivity contribution in [3.05, 3.63) is 48.3 Å². The fraction of sp³-hybridized carbons (Fsp3) is 0.300. The Kier molecular flexibility index (Phi) is 5.29.